The van der Waals surface area contributed by atoms with Gasteiger partial charge in [-0.05, 0) is 29.9 Å². The molecule has 1 aliphatic heterocycles. The molecule has 3 heteroatoms. The second-order valence-corrected chi connectivity index (χ2v) is 6.57. The lowest BCUT2D eigenvalue weighted by molar-refractivity contribution is -0.0182. The van der Waals surface area contributed by atoms with Gasteiger partial charge in [0, 0.05) is 6.54 Å². The number of ether oxygens (including phenoxy) is 1. The van der Waals surface area contributed by atoms with Gasteiger partial charge in [0.25, 0.3) is 0 Å². The molecule has 2 aliphatic rings. The summed E-state index contributed by atoms with van der Waals surface area (Å²) in [6.07, 6.45) is 4.21. The van der Waals surface area contributed by atoms with Crippen molar-refractivity contribution in [2.75, 3.05) is 13.2 Å². The van der Waals surface area contributed by atoms with Gasteiger partial charge in [-0.2, -0.15) is 0 Å². The highest BCUT2D eigenvalue weighted by molar-refractivity contribution is 5.31. The molecule has 0 radical (unpaired) electrons. The van der Waals surface area contributed by atoms with E-state index in [2.05, 4.69) is 36.5 Å². The van der Waals surface area contributed by atoms with Crippen molar-refractivity contribution in [3.05, 3.63) is 35.4 Å². The van der Waals surface area contributed by atoms with Crippen LogP contribution in [0.4, 0.5) is 0 Å². The standard InChI is InChI=1S/C17H25NO2/c1-13-5-4-8-17(19,9-13)12-18-16-11-20-10-14-6-2-3-7-15(14)16/h2-3,6-7,13,16,18-19H,4-5,8-12H2,1H3. The monoisotopic (exact) mass is 275 g/mol. The summed E-state index contributed by atoms with van der Waals surface area (Å²) in [4.78, 5) is 0. The third-order valence-electron chi connectivity index (χ3n) is 4.72. The molecule has 2 N–H and O–H groups in total. The van der Waals surface area contributed by atoms with E-state index in [-0.39, 0.29) is 6.04 Å². The highest BCUT2D eigenvalue weighted by atomic mass is 16.5. The molecule has 20 heavy (non-hydrogen) atoms. The van der Waals surface area contributed by atoms with Gasteiger partial charge in [0.2, 0.25) is 0 Å². The molecule has 1 aromatic rings. The Balaban J connectivity index is 1.64. The topological polar surface area (TPSA) is 41.5 Å². The lowest BCUT2D eigenvalue weighted by Gasteiger charge is -2.37. The van der Waals surface area contributed by atoms with E-state index >= 15 is 0 Å². The summed E-state index contributed by atoms with van der Waals surface area (Å²) in [6.45, 7) is 4.31. The lowest BCUT2D eigenvalue weighted by Crippen LogP contribution is -2.46. The van der Waals surface area contributed by atoms with Crippen molar-refractivity contribution in [2.45, 2.75) is 50.9 Å². The van der Waals surface area contributed by atoms with Crippen LogP contribution in [0.5, 0.6) is 0 Å². The summed E-state index contributed by atoms with van der Waals surface area (Å²) in [6, 6.07) is 8.64. The molecular weight excluding hydrogens is 250 g/mol. The smallest absolute Gasteiger partial charge is 0.0774 e. The minimum absolute atomic E-state index is 0.209. The fourth-order valence-corrected chi connectivity index (χ4v) is 3.66. The number of benzene rings is 1. The van der Waals surface area contributed by atoms with E-state index in [1.54, 1.807) is 0 Å². The summed E-state index contributed by atoms with van der Waals surface area (Å²) in [5.74, 6) is 0.630. The predicted octanol–water partition coefficient (Wildman–Crippen LogP) is 2.79. The largest absolute Gasteiger partial charge is 0.389 e. The van der Waals surface area contributed by atoms with Gasteiger partial charge in [0.15, 0.2) is 0 Å². The fourth-order valence-electron chi connectivity index (χ4n) is 3.66. The maximum Gasteiger partial charge on any atom is 0.0774 e. The number of hydrogen-bond acceptors (Lipinski definition) is 3. The van der Waals surface area contributed by atoms with Crippen molar-refractivity contribution in [3.63, 3.8) is 0 Å². The molecule has 0 saturated heterocycles. The molecule has 1 heterocycles. The third kappa shape index (κ3) is 3.05. The Kier molecular flexibility index (Phi) is 4.11. The van der Waals surface area contributed by atoms with Crippen LogP contribution in [0.1, 0.15) is 49.8 Å². The molecule has 0 bridgehead atoms. The molecule has 3 nitrogen and oxygen atoms in total. The van der Waals surface area contributed by atoms with Crippen molar-refractivity contribution in [1.82, 2.24) is 5.32 Å². The van der Waals surface area contributed by atoms with Crippen molar-refractivity contribution in [3.8, 4) is 0 Å². The Morgan fingerprint density at radius 2 is 2.25 bits per heavy atom. The highest BCUT2D eigenvalue weighted by Gasteiger charge is 2.33. The quantitative estimate of drug-likeness (QED) is 0.891. The molecule has 110 valence electrons. The molecule has 0 spiro atoms. The molecule has 0 aromatic heterocycles. The fraction of sp³-hybridized carbons (Fsp3) is 0.647. The van der Waals surface area contributed by atoms with Crippen LogP contribution in [0.25, 0.3) is 0 Å². The van der Waals surface area contributed by atoms with Crippen LogP contribution in [-0.2, 0) is 11.3 Å². The molecule has 1 aliphatic carbocycles. The van der Waals surface area contributed by atoms with Crippen LogP contribution in [0, 0.1) is 5.92 Å². The number of fused-ring (bicyclic) bond motifs is 1. The maximum atomic E-state index is 10.7. The van der Waals surface area contributed by atoms with Gasteiger partial charge in [-0.1, -0.05) is 44.0 Å². The molecule has 1 saturated carbocycles. The Morgan fingerprint density at radius 3 is 3.10 bits per heavy atom. The number of rotatable bonds is 3. The summed E-state index contributed by atoms with van der Waals surface area (Å²) >= 11 is 0. The van der Waals surface area contributed by atoms with Crippen LogP contribution in [-0.4, -0.2) is 23.9 Å². The van der Waals surface area contributed by atoms with Gasteiger partial charge < -0.3 is 15.2 Å². The minimum Gasteiger partial charge on any atom is -0.389 e. The van der Waals surface area contributed by atoms with Crippen molar-refractivity contribution in [1.29, 1.82) is 0 Å². The molecule has 1 fully saturated rings. The van der Waals surface area contributed by atoms with E-state index in [9.17, 15) is 5.11 Å². The maximum absolute atomic E-state index is 10.7. The van der Waals surface area contributed by atoms with Crippen LogP contribution in [0.2, 0.25) is 0 Å². The van der Waals surface area contributed by atoms with Crippen LogP contribution in [0.3, 0.4) is 0 Å². The number of nitrogens with one attached hydrogen (secondary N) is 1. The zero-order valence-electron chi connectivity index (χ0n) is 12.3. The summed E-state index contributed by atoms with van der Waals surface area (Å²) in [5.41, 5.74) is 2.05. The highest BCUT2D eigenvalue weighted by Crippen LogP contribution is 2.32. The Labute approximate surface area is 121 Å². The van der Waals surface area contributed by atoms with Crippen molar-refractivity contribution < 1.29 is 9.84 Å². The van der Waals surface area contributed by atoms with E-state index in [1.807, 2.05) is 0 Å². The van der Waals surface area contributed by atoms with Gasteiger partial charge in [-0.15, -0.1) is 0 Å². The van der Waals surface area contributed by atoms with E-state index < -0.39 is 5.60 Å². The first-order valence-corrected chi connectivity index (χ1v) is 7.78. The van der Waals surface area contributed by atoms with Crippen LogP contribution in [0.15, 0.2) is 24.3 Å². The van der Waals surface area contributed by atoms with Crippen LogP contribution >= 0.6 is 0 Å². The SMILES string of the molecule is CC1CCCC(O)(CNC2COCc3ccccc32)C1. The first-order chi connectivity index (χ1) is 9.66. The zero-order valence-corrected chi connectivity index (χ0v) is 12.3. The number of hydrogen-bond donors (Lipinski definition) is 2. The van der Waals surface area contributed by atoms with E-state index in [0.29, 0.717) is 25.7 Å². The predicted molar refractivity (Wildman–Crippen MR) is 79.4 cm³/mol. The average Bonchev–Trinajstić information content (AvgIpc) is 2.45. The molecular formula is C17H25NO2. The second-order valence-electron chi connectivity index (χ2n) is 6.57. The van der Waals surface area contributed by atoms with Gasteiger partial charge in [0.05, 0.1) is 24.9 Å². The van der Waals surface area contributed by atoms with Crippen molar-refractivity contribution in [2.24, 2.45) is 5.92 Å². The Bertz CT molecular complexity index is 462. The summed E-state index contributed by atoms with van der Waals surface area (Å²) < 4.78 is 5.66. The molecule has 3 atom stereocenters. The summed E-state index contributed by atoms with van der Waals surface area (Å²) in [7, 11) is 0. The molecule has 0 amide bonds. The van der Waals surface area contributed by atoms with E-state index in [1.165, 1.54) is 17.5 Å². The third-order valence-corrected chi connectivity index (χ3v) is 4.72. The molecule has 3 unspecified atom stereocenters. The zero-order chi connectivity index (χ0) is 14.0. The average molecular weight is 275 g/mol. The molecule has 1 aromatic carbocycles. The summed E-state index contributed by atoms with van der Waals surface area (Å²) in [5, 5.41) is 14.3. The van der Waals surface area contributed by atoms with E-state index in [4.69, 9.17) is 4.74 Å². The molecule has 3 rings (SSSR count). The van der Waals surface area contributed by atoms with Crippen molar-refractivity contribution >= 4 is 0 Å². The van der Waals surface area contributed by atoms with E-state index in [0.717, 1.165) is 19.3 Å². The van der Waals surface area contributed by atoms with Gasteiger partial charge >= 0.3 is 0 Å². The number of aliphatic hydroxyl groups is 1. The minimum atomic E-state index is -0.538. The van der Waals surface area contributed by atoms with Gasteiger partial charge in [-0.25, -0.2) is 0 Å². The normalized spacial score (nSPS) is 33.7. The first-order valence-electron chi connectivity index (χ1n) is 7.78. The Hall–Kier alpha value is -0.900. The first kappa shape index (κ1) is 14.1. The van der Waals surface area contributed by atoms with Gasteiger partial charge in [0.1, 0.15) is 0 Å². The Morgan fingerprint density at radius 1 is 1.40 bits per heavy atom. The lowest BCUT2D eigenvalue weighted by atomic mass is 9.78. The second kappa shape index (κ2) is 5.84. The van der Waals surface area contributed by atoms with Gasteiger partial charge in [-0.3, -0.25) is 0 Å². The van der Waals surface area contributed by atoms with Crippen LogP contribution < -0.4 is 5.32 Å².